The van der Waals surface area contributed by atoms with Gasteiger partial charge in [-0.2, -0.15) is 0 Å². The predicted octanol–water partition coefficient (Wildman–Crippen LogP) is 2.28. The van der Waals surface area contributed by atoms with Gasteiger partial charge in [0.1, 0.15) is 21.6 Å². The van der Waals surface area contributed by atoms with E-state index in [1.54, 1.807) is 19.9 Å². The SMILES string of the molecule is CCC(C)=C(C=CC(=C(C)OCC1CC1)N1CC(F)(F)C1)C(=O)NC(CCS(C)(=O)=O)C(N)=O. The van der Waals surface area contributed by atoms with Crippen LogP contribution in [0.3, 0.4) is 0 Å². The molecule has 1 heterocycles. The van der Waals surface area contributed by atoms with E-state index in [1.165, 1.54) is 11.0 Å². The number of ether oxygens (including phenoxy) is 1. The van der Waals surface area contributed by atoms with E-state index in [2.05, 4.69) is 5.32 Å². The molecule has 1 saturated carbocycles. The van der Waals surface area contributed by atoms with Crippen LogP contribution in [-0.4, -0.2) is 68.8 Å². The topological polar surface area (TPSA) is 119 Å². The molecule has 0 aromatic carbocycles. The van der Waals surface area contributed by atoms with Crippen LogP contribution in [0.5, 0.6) is 0 Å². The first-order valence-electron chi connectivity index (χ1n) is 11.3. The number of likely N-dealkylation sites (tertiary alicyclic amines) is 1. The Labute approximate surface area is 200 Å². The highest BCUT2D eigenvalue weighted by molar-refractivity contribution is 7.90. The van der Waals surface area contributed by atoms with Crippen LogP contribution in [0.25, 0.3) is 0 Å². The zero-order valence-corrected chi connectivity index (χ0v) is 21.0. The Balaban J connectivity index is 2.24. The molecule has 2 amide bonds. The van der Waals surface area contributed by atoms with Gasteiger partial charge in [-0.25, -0.2) is 17.2 Å². The third-order valence-electron chi connectivity index (χ3n) is 5.85. The molecule has 1 unspecified atom stereocenters. The fourth-order valence-electron chi connectivity index (χ4n) is 3.35. The summed E-state index contributed by atoms with van der Waals surface area (Å²) in [5.41, 5.74) is 6.76. The van der Waals surface area contributed by atoms with E-state index in [1.807, 2.05) is 6.92 Å². The Morgan fingerprint density at radius 1 is 1.24 bits per heavy atom. The van der Waals surface area contributed by atoms with Crippen molar-refractivity contribution in [3.05, 3.63) is 34.8 Å². The van der Waals surface area contributed by atoms with Gasteiger partial charge in [0.05, 0.1) is 31.1 Å². The van der Waals surface area contributed by atoms with Gasteiger partial charge >= 0.3 is 0 Å². The summed E-state index contributed by atoms with van der Waals surface area (Å²) >= 11 is 0. The second-order valence-corrected chi connectivity index (χ2v) is 11.4. The molecule has 2 rings (SSSR count). The van der Waals surface area contributed by atoms with Crippen LogP contribution >= 0.6 is 0 Å². The molecule has 0 aromatic rings. The average Bonchev–Trinajstić information content (AvgIpc) is 3.53. The quantitative estimate of drug-likeness (QED) is 0.226. The monoisotopic (exact) mass is 503 g/mol. The van der Waals surface area contributed by atoms with Gasteiger partial charge in [-0.05, 0) is 57.6 Å². The second-order valence-electron chi connectivity index (χ2n) is 9.14. The van der Waals surface area contributed by atoms with Crippen LogP contribution in [0.15, 0.2) is 34.8 Å². The Kier molecular flexibility index (Phi) is 9.27. The highest BCUT2D eigenvalue weighted by atomic mass is 32.2. The fourth-order valence-corrected chi connectivity index (χ4v) is 4.01. The lowest BCUT2D eigenvalue weighted by Crippen LogP contribution is -2.55. The average molecular weight is 504 g/mol. The number of sulfone groups is 1. The summed E-state index contributed by atoms with van der Waals surface area (Å²) in [5.74, 6) is -3.55. The molecule has 8 nitrogen and oxygen atoms in total. The maximum absolute atomic E-state index is 13.5. The summed E-state index contributed by atoms with van der Waals surface area (Å²) in [7, 11) is -3.36. The Bertz CT molecular complexity index is 977. The number of halogens is 2. The lowest BCUT2D eigenvalue weighted by molar-refractivity contribution is -0.125. The maximum atomic E-state index is 13.5. The van der Waals surface area contributed by atoms with Crippen LogP contribution in [0.1, 0.15) is 46.5 Å². The van der Waals surface area contributed by atoms with Crippen molar-refractivity contribution in [1.29, 1.82) is 0 Å². The first-order chi connectivity index (χ1) is 15.7. The summed E-state index contributed by atoms with van der Waals surface area (Å²) in [6.07, 6.45) is 6.66. The standard InChI is InChI=1S/C23H35F2N3O5S/c1-5-15(2)18(22(30)27-19(21(26)29)10-11-34(4,31)32)8-9-20(28-13-23(24,25)14-28)16(3)33-12-17-6-7-17/h8-9,17,19H,5-7,10-14H2,1-4H3,(H2,26,29)(H,27,30). The number of nitrogens with two attached hydrogens (primary N) is 1. The van der Waals surface area contributed by atoms with E-state index in [4.69, 9.17) is 10.5 Å². The van der Waals surface area contributed by atoms with Crippen molar-refractivity contribution in [2.45, 2.75) is 58.4 Å². The van der Waals surface area contributed by atoms with Crippen LogP contribution in [0, 0.1) is 5.92 Å². The summed E-state index contributed by atoms with van der Waals surface area (Å²) in [5, 5.41) is 2.51. The van der Waals surface area contributed by atoms with E-state index in [0.717, 1.165) is 19.1 Å². The Morgan fingerprint density at radius 3 is 2.32 bits per heavy atom. The van der Waals surface area contributed by atoms with Gasteiger partial charge in [-0.15, -0.1) is 0 Å². The number of carbonyl (C=O) groups excluding carboxylic acids is 2. The molecular formula is C23H35F2N3O5S. The third-order valence-corrected chi connectivity index (χ3v) is 6.82. The Morgan fingerprint density at radius 2 is 1.85 bits per heavy atom. The lowest BCUT2D eigenvalue weighted by Gasteiger charge is -2.41. The molecule has 1 saturated heterocycles. The first kappa shape index (κ1) is 27.8. The van der Waals surface area contributed by atoms with Gasteiger partial charge in [0.15, 0.2) is 0 Å². The van der Waals surface area contributed by atoms with Crippen molar-refractivity contribution in [3.63, 3.8) is 0 Å². The molecule has 34 heavy (non-hydrogen) atoms. The molecule has 3 N–H and O–H groups in total. The molecule has 0 bridgehead atoms. The minimum atomic E-state index is -3.36. The summed E-state index contributed by atoms with van der Waals surface area (Å²) < 4.78 is 55.8. The zero-order chi connectivity index (χ0) is 25.7. The van der Waals surface area contributed by atoms with Crippen LogP contribution < -0.4 is 11.1 Å². The number of amides is 2. The molecule has 0 aromatic heterocycles. The number of rotatable bonds is 13. The van der Waals surface area contributed by atoms with Gasteiger partial charge in [-0.1, -0.05) is 12.5 Å². The van der Waals surface area contributed by atoms with Crippen LogP contribution in [0.2, 0.25) is 0 Å². The number of hydrogen-bond acceptors (Lipinski definition) is 6. The zero-order valence-electron chi connectivity index (χ0n) is 20.2. The number of primary amides is 1. The number of nitrogens with one attached hydrogen (secondary N) is 1. The smallest absolute Gasteiger partial charge is 0.282 e. The number of allylic oxidation sites excluding steroid dienone is 3. The highest BCUT2D eigenvalue weighted by Crippen LogP contribution is 2.34. The Hall–Kier alpha value is -2.43. The molecule has 2 aliphatic rings. The molecule has 192 valence electrons. The largest absolute Gasteiger partial charge is 0.496 e. The van der Waals surface area contributed by atoms with E-state index in [9.17, 15) is 26.8 Å². The van der Waals surface area contributed by atoms with Crippen molar-refractivity contribution in [2.24, 2.45) is 11.7 Å². The van der Waals surface area contributed by atoms with Crippen molar-refractivity contribution in [2.75, 3.05) is 31.7 Å². The van der Waals surface area contributed by atoms with Gasteiger partial charge in [-0.3, -0.25) is 9.59 Å². The van der Waals surface area contributed by atoms with E-state index >= 15 is 0 Å². The van der Waals surface area contributed by atoms with Crippen molar-refractivity contribution < 1.29 is 31.5 Å². The van der Waals surface area contributed by atoms with Gasteiger partial charge in [0.25, 0.3) is 11.8 Å². The third kappa shape index (κ3) is 8.73. The second kappa shape index (κ2) is 11.3. The van der Waals surface area contributed by atoms with E-state index in [0.29, 0.717) is 36.0 Å². The summed E-state index contributed by atoms with van der Waals surface area (Å²) in [4.78, 5) is 26.3. The van der Waals surface area contributed by atoms with Gasteiger partial charge in [0.2, 0.25) is 5.91 Å². The van der Waals surface area contributed by atoms with Gasteiger partial charge < -0.3 is 20.7 Å². The van der Waals surface area contributed by atoms with Crippen molar-refractivity contribution in [3.8, 4) is 0 Å². The summed E-state index contributed by atoms with van der Waals surface area (Å²) in [6, 6.07) is -1.16. The van der Waals surface area contributed by atoms with Crippen LogP contribution in [0.4, 0.5) is 8.78 Å². The molecule has 0 spiro atoms. The van der Waals surface area contributed by atoms with Crippen molar-refractivity contribution in [1.82, 2.24) is 10.2 Å². The number of nitrogens with zero attached hydrogens (tertiary/aromatic N) is 1. The minimum absolute atomic E-state index is 0.149. The predicted molar refractivity (Wildman–Crippen MR) is 125 cm³/mol. The molecule has 1 atom stereocenters. The van der Waals surface area contributed by atoms with Crippen molar-refractivity contribution >= 4 is 21.7 Å². The minimum Gasteiger partial charge on any atom is -0.496 e. The van der Waals surface area contributed by atoms with Crippen LogP contribution in [-0.2, 0) is 24.2 Å². The highest BCUT2D eigenvalue weighted by Gasteiger charge is 2.45. The normalized spacial score (nSPS) is 20.2. The first-order valence-corrected chi connectivity index (χ1v) is 13.4. The molecule has 1 aliphatic heterocycles. The number of alkyl halides is 2. The lowest BCUT2D eigenvalue weighted by atomic mass is 10.0. The van der Waals surface area contributed by atoms with Gasteiger partial charge in [0, 0.05) is 11.8 Å². The molecule has 11 heteroatoms. The molecular weight excluding hydrogens is 468 g/mol. The van der Waals surface area contributed by atoms with E-state index < -0.39 is 46.7 Å². The maximum Gasteiger partial charge on any atom is 0.282 e. The molecule has 0 radical (unpaired) electrons. The summed E-state index contributed by atoms with van der Waals surface area (Å²) in [6.45, 7) is 4.94. The molecule has 1 aliphatic carbocycles. The number of carbonyl (C=O) groups is 2. The fraction of sp³-hybridized carbons (Fsp3) is 0.652. The molecule has 2 fully saturated rings. The van der Waals surface area contributed by atoms with E-state index in [-0.39, 0.29) is 17.7 Å². The number of hydrogen-bond donors (Lipinski definition) is 2.